The maximum absolute atomic E-state index is 12.3. The number of hydrogen-bond donors (Lipinski definition) is 2. The molecule has 1 amide bonds. The number of hydrogen-bond acceptors (Lipinski definition) is 2. The monoisotopic (exact) mass is 322 g/mol. The third-order valence-electron chi connectivity index (χ3n) is 4.20. The number of carbonyl (C=O) groups excluding carboxylic acids is 1. The highest BCUT2D eigenvalue weighted by Crippen LogP contribution is 2.35. The van der Waals surface area contributed by atoms with Crippen LogP contribution in [0.4, 0.5) is 0 Å². The van der Waals surface area contributed by atoms with Gasteiger partial charge in [0, 0.05) is 11.0 Å². The van der Waals surface area contributed by atoms with Gasteiger partial charge in [-0.3, -0.25) is 4.79 Å². The van der Waals surface area contributed by atoms with Crippen molar-refractivity contribution in [2.75, 3.05) is 13.1 Å². The van der Waals surface area contributed by atoms with Gasteiger partial charge in [-0.15, -0.1) is 0 Å². The predicted octanol–water partition coefficient (Wildman–Crippen LogP) is 2.55. The number of amides is 1. The Hall–Kier alpha value is -0.870. The Morgan fingerprint density at radius 1 is 1.37 bits per heavy atom. The zero-order valence-electron chi connectivity index (χ0n) is 10.9. The molecular weight excluding hydrogens is 304 g/mol. The molecule has 1 heterocycles. The number of benzene rings is 1. The molecule has 0 saturated carbocycles. The standard InChI is InChI=1S/C15H19BrN2O/c16-13-5-1-4-12-11(13)6-7-14(12)18-15(19)10-3-2-8-17-9-10/h1,4-5,10,14,17H,2-3,6-9H2,(H,18,19). The Morgan fingerprint density at radius 2 is 2.26 bits per heavy atom. The molecule has 0 spiro atoms. The van der Waals surface area contributed by atoms with Gasteiger partial charge in [-0.1, -0.05) is 28.1 Å². The van der Waals surface area contributed by atoms with E-state index in [1.165, 1.54) is 15.6 Å². The second-order valence-corrected chi connectivity index (χ2v) is 6.31. The van der Waals surface area contributed by atoms with Crippen LogP contribution in [-0.2, 0) is 11.2 Å². The van der Waals surface area contributed by atoms with Crippen molar-refractivity contribution in [2.45, 2.75) is 31.7 Å². The Labute approximate surface area is 122 Å². The van der Waals surface area contributed by atoms with E-state index >= 15 is 0 Å². The number of fused-ring (bicyclic) bond motifs is 1. The van der Waals surface area contributed by atoms with Crippen molar-refractivity contribution in [3.8, 4) is 0 Å². The van der Waals surface area contributed by atoms with E-state index in [9.17, 15) is 4.79 Å². The van der Waals surface area contributed by atoms with E-state index in [2.05, 4.69) is 44.8 Å². The zero-order chi connectivity index (χ0) is 13.2. The molecule has 0 aromatic heterocycles. The topological polar surface area (TPSA) is 41.1 Å². The number of piperidine rings is 1. The van der Waals surface area contributed by atoms with E-state index in [4.69, 9.17) is 0 Å². The largest absolute Gasteiger partial charge is 0.349 e. The molecule has 1 aromatic rings. The Balaban J connectivity index is 1.69. The highest BCUT2D eigenvalue weighted by atomic mass is 79.9. The van der Waals surface area contributed by atoms with Crippen molar-refractivity contribution in [1.29, 1.82) is 0 Å². The number of rotatable bonds is 2. The number of nitrogens with one attached hydrogen (secondary N) is 2. The summed E-state index contributed by atoms with van der Waals surface area (Å²) >= 11 is 3.59. The summed E-state index contributed by atoms with van der Waals surface area (Å²) in [5.41, 5.74) is 2.64. The van der Waals surface area contributed by atoms with E-state index in [0.29, 0.717) is 0 Å². The average Bonchev–Trinajstić information content (AvgIpc) is 2.84. The van der Waals surface area contributed by atoms with Gasteiger partial charge < -0.3 is 10.6 Å². The summed E-state index contributed by atoms with van der Waals surface area (Å²) in [6.07, 6.45) is 4.18. The van der Waals surface area contributed by atoms with Crippen LogP contribution in [0.2, 0.25) is 0 Å². The molecule has 2 aliphatic rings. The molecule has 1 fully saturated rings. The smallest absolute Gasteiger partial charge is 0.224 e. The van der Waals surface area contributed by atoms with Crippen LogP contribution in [0.5, 0.6) is 0 Å². The first kappa shape index (κ1) is 13.1. The van der Waals surface area contributed by atoms with Gasteiger partial charge >= 0.3 is 0 Å². The first-order valence-electron chi connectivity index (χ1n) is 7.04. The molecule has 102 valence electrons. The summed E-state index contributed by atoms with van der Waals surface area (Å²) in [5.74, 6) is 0.356. The zero-order valence-corrected chi connectivity index (χ0v) is 12.5. The number of halogens is 1. The van der Waals surface area contributed by atoms with Gasteiger partial charge in [0.05, 0.1) is 12.0 Å². The first-order valence-corrected chi connectivity index (χ1v) is 7.83. The number of carbonyl (C=O) groups is 1. The maximum Gasteiger partial charge on any atom is 0.224 e. The fraction of sp³-hybridized carbons (Fsp3) is 0.533. The summed E-state index contributed by atoms with van der Waals surface area (Å²) in [6, 6.07) is 6.46. The molecule has 1 aliphatic heterocycles. The molecule has 19 heavy (non-hydrogen) atoms. The normalized spacial score (nSPS) is 25.9. The first-order chi connectivity index (χ1) is 9.25. The highest BCUT2D eigenvalue weighted by Gasteiger charge is 2.28. The highest BCUT2D eigenvalue weighted by molar-refractivity contribution is 9.10. The average molecular weight is 323 g/mol. The molecule has 0 radical (unpaired) electrons. The minimum absolute atomic E-state index is 0.143. The summed E-state index contributed by atoms with van der Waals surface area (Å²) < 4.78 is 1.17. The SMILES string of the molecule is O=C(NC1CCc2c(Br)cccc21)C1CCCNC1. The predicted molar refractivity (Wildman–Crippen MR) is 78.9 cm³/mol. The second-order valence-electron chi connectivity index (χ2n) is 5.45. The van der Waals surface area contributed by atoms with Crippen molar-refractivity contribution < 1.29 is 4.79 Å². The Bertz CT molecular complexity index is 483. The van der Waals surface area contributed by atoms with Crippen molar-refractivity contribution in [3.05, 3.63) is 33.8 Å². The van der Waals surface area contributed by atoms with Crippen LogP contribution in [0.3, 0.4) is 0 Å². The van der Waals surface area contributed by atoms with Gasteiger partial charge in [0.15, 0.2) is 0 Å². The molecular formula is C15H19BrN2O. The lowest BCUT2D eigenvalue weighted by molar-refractivity contribution is -0.126. The van der Waals surface area contributed by atoms with Gasteiger partial charge in [0.1, 0.15) is 0 Å². The summed E-state index contributed by atoms with van der Waals surface area (Å²) in [5, 5.41) is 6.53. The molecule has 0 bridgehead atoms. The van der Waals surface area contributed by atoms with Gasteiger partial charge in [0.2, 0.25) is 5.91 Å². The maximum atomic E-state index is 12.3. The Morgan fingerprint density at radius 3 is 3.05 bits per heavy atom. The molecule has 1 aromatic carbocycles. The summed E-state index contributed by atoms with van der Waals surface area (Å²) in [7, 11) is 0. The molecule has 3 rings (SSSR count). The van der Waals surface area contributed by atoms with E-state index in [-0.39, 0.29) is 17.9 Å². The fourth-order valence-electron chi connectivity index (χ4n) is 3.12. The van der Waals surface area contributed by atoms with Crippen LogP contribution in [0, 0.1) is 5.92 Å². The van der Waals surface area contributed by atoms with Crippen LogP contribution in [0.25, 0.3) is 0 Å². The molecule has 4 heteroatoms. The van der Waals surface area contributed by atoms with E-state index in [1.54, 1.807) is 0 Å². The van der Waals surface area contributed by atoms with Crippen LogP contribution in [0.15, 0.2) is 22.7 Å². The lowest BCUT2D eigenvalue weighted by Crippen LogP contribution is -2.41. The van der Waals surface area contributed by atoms with Gasteiger partial charge in [0.25, 0.3) is 0 Å². The van der Waals surface area contributed by atoms with Gasteiger partial charge in [-0.05, 0) is 49.4 Å². The lowest BCUT2D eigenvalue weighted by atomic mass is 9.98. The van der Waals surface area contributed by atoms with Gasteiger partial charge in [-0.2, -0.15) is 0 Å². The quantitative estimate of drug-likeness (QED) is 0.878. The van der Waals surface area contributed by atoms with E-state index < -0.39 is 0 Å². The minimum atomic E-state index is 0.143. The third-order valence-corrected chi connectivity index (χ3v) is 4.94. The second kappa shape index (κ2) is 5.63. The van der Waals surface area contributed by atoms with Gasteiger partial charge in [-0.25, -0.2) is 0 Å². The Kier molecular flexibility index (Phi) is 3.89. The lowest BCUT2D eigenvalue weighted by Gasteiger charge is -2.24. The molecule has 1 aliphatic carbocycles. The van der Waals surface area contributed by atoms with Crippen LogP contribution in [0.1, 0.15) is 36.4 Å². The third kappa shape index (κ3) is 2.70. The van der Waals surface area contributed by atoms with Crippen LogP contribution < -0.4 is 10.6 Å². The van der Waals surface area contributed by atoms with Crippen molar-refractivity contribution >= 4 is 21.8 Å². The van der Waals surface area contributed by atoms with E-state index in [0.717, 1.165) is 38.8 Å². The minimum Gasteiger partial charge on any atom is -0.349 e. The van der Waals surface area contributed by atoms with Crippen molar-refractivity contribution in [3.63, 3.8) is 0 Å². The fourth-order valence-corrected chi connectivity index (χ4v) is 3.70. The van der Waals surface area contributed by atoms with Crippen molar-refractivity contribution in [1.82, 2.24) is 10.6 Å². The molecule has 2 atom stereocenters. The van der Waals surface area contributed by atoms with E-state index in [1.807, 2.05) is 0 Å². The summed E-state index contributed by atoms with van der Waals surface area (Å²) in [6.45, 7) is 1.87. The van der Waals surface area contributed by atoms with Crippen molar-refractivity contribution in [2.24, 2.45) is 5.92 Å². The molecule has 1 saturated heterocycles. The summed E-state index contributed by atoms with van der Waals surface area (Å²) in [4.78, 5) is 12.3. The van der Waals surface area contributed by atoms with Crippen LogP contribution in [-0.4, -0.2) is 19.0 Å². The molecule has 2 unspecified atom stereocenters. The molecule has 3 nitrogen and oxygen atoms in total. The van der Waals surface area contributed by atoms with Crippen LogP contribution >= 0.6 is 15.9 Å². The molecule has 2 N–H and O–H groups in total.